The molecule has 4 heterocycles. The van der Waals surface area contributed by atoms with Crippen molar-refractivity contribution < 1.29 is 24.1 Å². The van der Waals surface area contributed by atoms with Crippen LogP contribution in [0.1, 0.15) is 18.9 Å². The van der Waals surface area contributed by atoms with Gasteiger partial charge in [0.2, 0.25) is 0 Å². The molecule has 5 rings (SSSR count). The van der Waals surface area contributed by atoms with Gasteiger partial charge in [0, 0.05) is 43.8 Å². The standard InChI is InChI=1S/C21H23N5O3.CH2O2/c1-27-17-14-19-18(28-11-12-29-19)13-16(17)21-22-7-10-26(21)15-4-8-25(9-5-15)20-3-2-6-23-24-20;2-1-3/h2-3,6-7,10,13-15H,4-5,8-9,11-12H2,1H3;1H,(H,2,3). The molecule has 3 aromatic rings. The third kappa shape index (κ3) is 4.43. The summed E-state index contributed by atoms with van der Waals surface area (Å²) in [4.78, 5) is 15.3. The minimum absolute atomic E-state index is 0.250. The highest BCUT2D eigenvalue weighted by Gasteiger charge is 2.26. The molecule has 2 aliphatic rings. The van der Waals surface area contributed by atoms with Crippen molar-refractivity contribution in [2.24, 2.45) is 0 Å². The Morgan fingerprint density at radius 1 is 1.16 bits per heavy atom. The van der Waals surface area contributed by atoms with Crippen molar-refractivity contribution in [2.75, 3.05) is 38.3 Å². The molecule has 0 saturated carbocycles. The molecular weight excluding hydrogens is 414 g/mol. The molecule has 10 heteroatoms. The summed E-state index contributed by atoms with van der Waals surface area (Å²) < 4.78 is 19.4. The van der Waals surface area contributed by atoms with Gasteiger partial charge in [0.25, 0.3) is 6.47 Å². The summed E-state index contributed by atoms with van der Waals surface area (Å²) in [5.41, 5.74) is 0.915. The van der Waals surface area contributed by atoms with E-state index in [1.807, 2.05) is 36.7 Å². The number of aromatic nitrogens is 4. The first-order valence-corrected chi connectivity index (χ1v) is 10.4. The smallest absolute Gasteiger partial charge is 0.290 e. The van der Waals surface area contributed by atoms with Gasteiger partial charge in [-0.05, 0) is 31.0 Å². The summed E-state index contributed by atoms with van der Waals surface area (Å²) in [6.45, 7) is 2.71. The molecule has 0 amide bonds. The van der Waals surface area contributed by atoms with Crippen LogP contribution in [0, 0.1) is 0 Å². The number of carboxylic acid groups (broad SMARTS) is 1. The number of carbonyl (C=O) groups is 1. The number of fused-ring (bicyclic) bond motifs is 1. The molecule has 1 aromatic carbocycles. The summed E-state index contributed by atoms with van der Waals surface area (Å²) >= 11 is 0. The molecule has 1 N–H and O–H groups in total. The molecule has 0 unspecified atom stereocenters. The van der Waals surface area contributed by atoms with Gasteiger partial charge < -0.3 is 28.8 Å². The first-order valence-electron chi connectivity index (χ1n) is 10.4. The fourth-order valence-corrected chi connectivity index (χ4v) is 4.07. The van der Waals surface area contributed by atoms with E-state index in [1.165, 1.54) is 0 Å². The Labute approximate surface area is 185 Å². The van der Waals surface area contributed by atoms with Gasteiger partial charge >= 0.3 is 0 Å². The van der Waals surface area contributed by atoms with Crippen molar-refractivity contribution in [1.29, 1.82) is 0 Å². The molecule has 2 aromatic heterocycles. The van der Waals surface area contributed by atoms with Crippen LogP contribution in [-0.2, 0) is 4.79 Å². The quantitative estimate of drug-likeness (QED) is 0.613. The maximum atomic E-state index is 8.36. The van der Waals surface area contributed by atoms with Gasteiger partial charge in [-0.15, -0.1) is 5.10 Å². The molecule has 1 fully saturated rings. The Morgan fingerprint density at radius 2 is 1.88 bits per heavy atom. The number of ether oxygens (including phenoxy) is 3. The molecule has 10 nitrogen and oxygen atoms in total. The van der Waals surface area contributed by atoms with Gasteiger partial charge in [-0.3, -0.25) is 4.79 Å². The third-order valence-electron chi connectivity index (χ3n) is 5.51. The van der Waals surface area contributed by atoms with Crippen LogP contribution >= 0.6 is 0 Å². The van der Waals surface area contributed by atoms with Crippen LogP contribution in [0.5, 0.6) is 17.2 Å². The number of rotatable bonds is 4. The molecule has 168 valence electrons. The van der Waals surface area contributed by atoms with E-state index >= 15 is 0 Å². The zero-order chi connectivity index (χ0) is 22.3. The van der Waals surface area contributed by atoms with Crippen LogP contribution in [0.3, 0.4) is 0 Å². The van der Waals surface area contributed by atoms with Gasteiger partial charge in [0.1, 0.15) is 24.8 Å². The summed E-state index contributed by atoms with van der Waals surface area (Å²) in [6, 6.07) is 8.16. The van der Waals surface area contributed by atoms with Crippen molar-refractivity contribution >= 4 is 12.3 Å². The normalized spacial score (nSPS) is 15.5. The largest absolute Gasteiger partial charge is 0.496 e. The third-order valence-corrected chi connectivity index (χ3v) is 5.51. The first kappa shape index (κ1) is 21.4. The number of hydrogen-bond donors (Lipinski definition) is 1. The van der Waals surface area contributed by atoms with Gasteiger partial charge in [-0.25, -0.2) is 4.98 Å². The maximum Gasteiger partial charge on any atom is 0.290 e. The topological polar surface area (TPSA) is 112 Å². The van der Waals surface area contributed by atoms with E-state index in [2.05, 4.69) is 24.6 Å². The number of benzene rings is 1. The molecule has 0 atom stereocenters. The van der Waals surface area contributed by atoms with Gasteiger partial charge in [-0.2, -0.15) is 5.10 Å². The highest BCUT2D eigenvalue weighted by atomic mass is 16.6. The van der Waals surface area contributed by atoms with Crippen molar-refractivity contribution in [1.82, 2.24) is 19.7 Å². The van der Waals surface area contributed by atoms with E-state index in [0.29, 0.717) is 25.0 Å². The summed E-state index contributed by atoms with van der Waals surface area (Å²) in [6.07, 6.45) is 7.61. The highest BCUT2D eigenvalue weighted by Crippen LogP contribution is 2.42. The van der Waals surface area contributed by atoms with Crippen LogP contribution in [0.2, 0.25) is 0 Å². The van der Waals surface area contributed by atoms with Crippen LogP contribution in [-0.4, -0.2) is 64.7 Å². The lowest BCUT2D eigenvalue weighted by atomic mass is 10.0. The lowest BCUT2D eigenvalue weighted by molar-refractivity contribution is -0.122. The van der Waals surface area contributed by atoms with E-state index in [9.17, 15) is 0 Å². The summed E-state index contributed by atoms with van der Waals surface area (Å²) in [7, 11) is 1.67. The maximum absolute atomic E-state index is 8.36. The SMILES string of the molecule is COc1cc2c(cc1-c1nccn1C1CCN(c3cccnn3)CC1)OCCO2.O=CO. The second-order valence-electron chi connectivity index (χ2n) is 7.26. The predicted molar refractivity (Wildman–Crippen MR) is 116 cm³/mol. The summed E-state index contributed by atoms with van der Waals surface area (Å²) in [5.74, 6) is 4.01. The molecule has 0 bridgehead atoms. The van der Waals surface area contributed by atoms with E-state index in [-0.39, 0.29) is 6.47 Å². The van der Waals surface area contributed by atoms with Crippen molar-refractivity contribution in [3.63, 3.8) is 0 Å². The minimum atomic E-state index is -0.250. The Bertz CT molecular complexity index is 1030. The molecule has 0 aliphatic carbocycles. The Kier molecular flexibility index (Phi) is 6.69. The Balaban J connectivity index is 0.000000775. The molecule has 2 aliphatic heterocycles. The van der Waals surface area contributed by atoms with E-state index in [1.54, 1.807) is 13.3 Å². The minimum Gasteiger partial charge on any atom is -0.496 e. The molecule has 0 radical (unpaired) electrons. The van der Waals surface area contributed by atoms with E-state index in [4.69, 9.17) is 24.1 Å². The lowest BCUT2D eigenvalue weighted by Crippen LogP contribution is -2.35. The number of methoxy groups -OCH3 is 1. The molecule has 0 spiro atoms. The number of nitrogens with zero attached hydrogens (tertiary/aromatic N) is 5. The average Bonchev–Trinajstić information content (AvgIpc) is 3.34. The van der Waals surface area contributed by atoms with Crippen LogP contribution in [0.15, 0.2) is 42.9 Å². The monoisotopic (exact) mass is 439 g/mol. The average molecular weight is 439 g/mol. The van der Waals surface area contributed by atoms with E-state index in [0.717, 1.165) is 54.6 Å². The zero-order valence-corrected chi connectivity index (χ0v) is 17.8. The Morgan fingerprint density at radius 3 is 2.53 bits per heavy atom. The first-order chi connectivity index (χ1) is 15.7. The number of hydrogen-bond acceptors (Lipinski definition) is 8. The fourth-order valence-electron chi connectivity index (χ4n) is 4.07. The molecular formula is C22H25N5O5. The second-order valence-corrected chi connectivity index (χ2v) is 7.26. The number of anilines is 1. The van der Waals surface area contributed by atoms with Crippen LogP contribution in [0.25, 0.3) is 11.4 Å². The molecule has 1 saturated heterocycles. The van der Waals surface area contributed by atoms with Crippen molar-refractivity contribution in [3.8, 4) is 28.6 Å². The zero-order valence-electron chi connectivity index (χ0n) is 17.8. The second kappa shape index (κ2) is 9.99. The number of imidazole rings is 1. The number of piperidine rings is 1. The van der Waals surface area contributed by atoms with Gasteiger partial charge in [0.05, 0.1) is 12.7 Å². The molecule has 32 heavy (non-hydrogen) atoms. The van der Waals surface area contributed by atoms with Crippen LogP contribution < -0.4 is 19.1 Å². The van der Waals surface area contributed by atoms with E-state index < -0.39 is 0 Å². The lowest BCUT2D eigenvalue weighted by Gasteiger charge is -2.33. The van der Waals surface area contributed by atoms with Crippen molar-refractivity contribution in [3.05, 3.63) is 42.9 Å². The fraction of sp³-hybridized carbons (Fsp3) is 0.364. The van der Waals surface area contributed by atoms with Gasteiger partial charge in [0.15, 0.2) is 17.3 Å². The Hall–Kier alpha value is -3.82. The van der Waals surface area contributed by atoms with Gasteiger partial charge in [-0.1, -0.05) is 0 Å². The van der Waals surface area contributed by atoms with Crippen molar-refractivity contribution in [2.45, 2.75) is 18.9 Å². The summed E-state index contributed by atoms with van der Waals surface area (Å²) in [5, 5.41) is 15.1. The highest BCUT2D eigenvalue weighted by molar-refractivity contribution is 5.70. The van der Waals surface area contributed by atoms with Crippen LogP contribution in [0.4, 0.5) is 5.82 Å². The predicted octanol–water partition coefficient (Wildman–Crippen LogP) is 2.66.